The fourth-order valence-electron chi connectivity index (χ4n) is 3.02. The van der Waals surface area contributed by atoms with E-state index in [0.29, 0.717) is 35.1 Å². The molecule has 27 heavy (non-hydrogen) atoms. The summed E-state index contributed by atoms with van der Waals surface area (Å²) >= 11 is 12.0. The van der Waals surface area contributed by atoms with Crippen LogP contribution in [0.25, 0.3) is 0 Å². The third-order valence-corrected chi connectivity index (χ3v) is 5.15. The number of halogens is 2. The minimum Gasteiger partial charge on any atom is -0.490 e. The van der Waals surface area contributed by atoms with Crippen molar-refractivity contribution in [2.75, 3.05) is 19.8 Å². The van der Waals surface area contributed by atoms with Crippen LogP contribution in [-0.4, -0.2) is 25.9 Å². The second kappa shape index (κ2) is 10.2. The SMILES string of the molecule is CCOc1cc(CNC[C@@H]2CCCO2)ccc1OCc1ccc(Cl)c(Cl)c1. The molecule has 0 radical (unpaired) electrons. The second-order valence-electron chi connectivity index (χ2n) is 6.52. The molecule has 0 bridgehead atoms. The van der Waals surface area contributed by atoms with Crippen molar-refractivity contribution in [2.24, 2.45) is 0 Å². The molecule has 2 aromatic carbocycles. The van der Waals surface area contributed by atoms with E-state index in [0.717, 1.165) is 49.4 Å². The molecule has 0 aromatic heterocycles. The van der Waals surface area contributed by atoms with Crippen LogP contribution in [0.1, 0.15) is 30.9 Å². The van der Waals surface area contributed by atoms with Gasteiger partial charge in [0.2, 0.25) is 0 Å². The number of hydrogen-bond donors (Lipinski definition) is 1. The molecular formula is C21H25Cl2NO3. The van der Waals surface area contributed by atoms with E-state index in [1.54, 1.807) is 6.07 Å². The van der Waals surface area contributed by atoms with E-state index in [9.17, 15) is 0 Å². The summed E-state index contributed by atoms with van der Waals surface area (Å²) < 4.78 is 17.3. The van der Waals surface area contributed by atoms with Crippen molar-refractivity contribution in [2.45, 2.75) is 39.0 Å². The third kappa shape index (κ3) is 6.01. The highest BCUT2D eigenvalue weighted by Gasteiger charge is 2.14. The monoisotopic (exact) mass is 409 g/mol. The molecule has 0 spiro atoms. The molecule has 1 N–H and O–H groups in total. The molecule has 146 valence electrons. The highest BCUT2D eigenvalue weighted by molar-refractivity contribution is 6.42. The Labute approximate surface area is 170 Å². The fraction of sp³-hybridized carbons (Fsp3) is 0.429. The molecule has 0 amide bonds. The standard InChI is InChI=1S/C21H25Cl2NO3/c1-2-25-21-11-15(12-24-13-17-4-3-9-26-17)6-8-20(21)27-14-16-5-7-18(22)19(23)10-16/h5-8,10-11,17,24H,2-4,9,12-14H2,1H3/t17-/m0/s1. The van der Waals surface area contributed by atoms with Crippen molar-refractivity contribution in [1.82, 2.24) is 5.32 Å². The van der Waals surface area contributed by atoms with E-state index in [1.807, 2.05) is 31.2 Å². The summed E-state index contributed by atoms with van der Waals surface area (Å²) in [5.41, 5.74) is 2.10. The van der Waals surface area contributed by atoms with Gasteiger partial charge in [0, 0.05) is 19.7 Å². The van der Waals surface area contributed by atoms with Gasteiger partial charge in [0.25, 0.3) is 0 Å². The molecule has 0 aliphatic carbocycles. The summed E-state index contributed by atoms with van der Waals surface area (Å²) in [6.45, 7) is 5.47. The van der Waals surface area contributed by atoms with E-state index in [1.165, 1.54) is 0 Å². The Morgan fingerprint density at radius 1 is 1.04 bits per heavy atom. The van der Waals surface area contributed by atoms with Crippen LogP contribution in [0.5, 0.6) is 11.5 Å². The number of benzene rings is 2. The summed E-state index contributed by atoms with van der Waals surface area (Å²) in [4.78, 5) is 0. The zero-order valence-corrected chi connectivity index (χ0v) is 17.0. The van der Waals surface area contributed by atoms with Crippen molar-refractivity contribution < 1.29 is 14.2 Å². The first-order valence-corrected chi connectivity index (χ1v) is 10.1. The highest BCUT2D eigenvalue weighted by atomic mass is 35.5. The Morgan fingerprint density at radius 2 is 1.89 bits per heavy atom. The third-order valence-electron chi connectivity index (χ3n) is 4.41. The van der Waals surface area contributed by atoms with Crippen molar-refractivity contribution in [3.05, 3.63) is 57.6 Å². The fourth-order valence-corrected chi connectivity index (χ4v) is 3.34. The highest BCUT2D eigenvalue weighted by Crippen LogP contribution is 2.30. The molecule has 2 aromatic rings. The maximum absolute atomic E-state index is 6.06. The normalized spacial score (nSPS) is 16.5. The molecular weight excluding hydrogens is 385 g/mol. The number of rotatable bonds is 9. The Hall–Kier alpha value is -1.46. The summed E-state index contributed by atoms with van der Waals surface area (Å²) in [5.74, 6) is 1.46. The molecule has 1 atom stereocenters. The summed E-state index contributed by atoms with van der Waals surface area (Å²) in [6, 6.07) is 11.5. The minimum absolute atomic E-state index is 0.338. The van der Waals surface area contributed by atoms with Gasteiger partial charge in [-0.1, -0.05) is 35.3 Å². The van der Waals surface area contributed by atoms with Gasteiger partial charge in [-0.3, -0.25) is 0 Å². The Balaban J connectivity index is 1.59. The van der Waals surface area contributed by atoms with Crippen LogP contribution in [0.15, 0.2) is 36.4 Å². The van der Waals surface area contributed by atoms with Gasteiger partial charge in [-0.25, -0.2) is 0 Å². The van der Waals surface area contributed by atoms with Gasteiger partial charge in [-0.15, -0.1) is 0 Å². The quantitative estimate of drug-likeness (QED) is 0.614. The van der Waals surface area contributed by atoms with Crippen molar-refractivity contribution in [1.29, 1.82) is 0 Å². The van der Waals surface area contributed by atoms with E-state index in [-0.39, 0.29) is 0 Å². The molecule has 1 aliphatic heterocycles. The molecule has 1 heterocycles. The molecule has 0 saturated carbocycles. The van der Waals surface area contributed by atoms with Crippen LogP contribution < -0.4 is 14.8 Å². The van der Waals surface area contributed by atoms with Gasteiger partial charge < -0.3 is 19.5 Å². The van der Waals surface area contributed by atoms with Crippen LogP contribution in [0.3, 0.4) is 0 Å². The maximum Gasteiger partial charge on any atom is 0.161 e. The lowest BCUT2D eigenvalue weighted by Crippen LogP contribution is -2.25. The van der Waals surface area contributed by atoms with Crippen LogP contribution in [0.4, 0.5) is 0 Å². The van der Waals surface area contributed by atoms with Gasteiger partial charge in [0.15, 0.2) is 11.5 Å². The molecule has 1 saturated heterocycles. The van der Waals surface area contributed by atoms with Crippen LogP contribution in [0, 0.1) is 0 Å². The minimum atomic E-state index is 0.338. The van der Waals surface area contributed by atoms with Gasteiger partial charge >= 0.3 is 0 Å². The second-order valence-corrected chi connectivity index (χ2v) is 7.33. The first kappa shape index (κ1) is 20.3. The zero-order chi connectivity index (χ0) is 19.1. The lowest BCUT2D eigenvalue weighted by Gasteiger charge is -2.15. The average molecular weight is 410 g/mol. The predicted octanol–water partition coefficient (Wildman–Crippen LogP) is 5.24. The average Bonchev–Trinajstić information content (AvgIpc) is 3.17. The van der Waals surface area contributed by atoms with Gasteiger partial charge in [0.1, 0.15) is 6.61 Å². The number of hydrogen-bond acceptors (Lipinski definition) is 4. The first-order valence-electron chi connectivity index (χ1n) is 9.30. The molecule has 3 rings (SSSR count). The van der Waals surface area contributed by atoms with Crippen LogP contribution in [-0.2, 0) is 17.9 Å². The van der Waals surface area contributed by atoms with Crippen LogP contribution >= 0.6 is 23.2 Å². The van der Waals surface area contributed by atoms with Gasteiger partial charge in [-0.2, -0.15) is 0 Å². The molecule has 4 nitrogen and oxygen atoms in total. The largest absolute Gasteiger partial charge is 0.490 e. The zero-order valence-electron chi connectivity index (χ0n) is 15.5. The van der Waals surface area contributed by atoms with Crippen molar-refractivity contribution in [3.8, 4) is 11.5 Å². The molecule has 6 heteroatoms. The van der Waals surface area contributed by atoms with Gasteiger partial charge in [0.05, 0.1) is 22.8 Å². The summed E-state index contributed by atoms with van der Waals surface area (Å²) in [7, 11) is 0. The number of nitrogens with one attached hydrogen (secondary N) is 1. The lowest BCUT2D eigenvalue weighted by atomic mass is 10.2. The molecule has 1 aliphatic rings. The Kier molecular flexibility index (Phi) is 7.65. The van der Waals surface area contributed by atoms with Crippen molar-refractivity contribution in [3.63, 3.8) is 0 Å². The van der Waals surface area contributed by atoms with E-state index >= 15 is 0 Å². The lowest BCUT2D eigenvalue weighted by molar-refractivity contribution is 0.110. The first-order chi connectivity index (χ1) is 13.2. The van der Waals surface area contributed by atoms with E-state index in [2.05, 4.69) is 11.4 Å². The Morgan fingerprint density at radius 3 is 2.63 bits per heavy atom. The summed E-state index contributed by atoms with van der Waals surface area (Å²) in [6.07, 6.45) is 2.63. The topological polar surface area (TPSA) is 39.7 Å². The van der Waals surface area contributed by atoms with E-state index < -0.39 is 0 Å². The van der Waals surface area contributed by atoms with Crippen molar-refractivity contribution >= 4 is 23.2 Å². The smallest absolute Gasteiger partial charge is 0.161 e. The van der Waals surface area contributed by atoms with E-state index in [4.69, 9.17) is 37.4 Å². The van der Waals surface area contributed by atoms with Crippen LogP contribution in [0.2, 0.25) is 10.0 Å². The van der Waals surface area contributed by atoms with Gasteiger partial charge in [-0.05, 0) is 55.2 Å². The maximum atomic E-state index is 6.06. The predicted molar refractivity (Wildman–Crippen MR) is 109 cm³/mol. The Bertz CT molecular complexity index is 748. The summed E-state index contributed by atoms with van der Waals surface area (Å²) in [5, 5.41) is 4.51. The number of ether oxygens (including phenoxy) is 3. The molecule has 0 unspecified atom stereocenters. The molecule has 1 fully saturated rings.